The Morgan fingerprint density at radius 3 is 2.16 bits per heavy atom. The van der Waals surface area contributed by atoms with Gasteiger partial charge in [-0.15, -0.1) is 0 Å². The molecule has 0 saturated heterocycles. The number of imide groups is 1. The van der Waals surface area contributed by atoms with E-state index in [9.17, 15) is 34.1 Å². The molecule has 1 heterocycles. The van der Waals surface area contributed by atoms with E-state index in [2.05, 4.69) is 15.6 Å². The van der Waals surface area contributed by atoms with Crippen LogP contribution in [0.1, 0.15) is 124 Å². The van der Waals surface area contributed by atoms with Gasteiger partial charge in [0.1, 0.15) is 12.3 Å². The number of nitrogens with one attached hydrogen (secondary N) is 3. The van der Waals surface area contributed by atoms with E-state index < -0.39 is 23.0 Å². The number of aliphatic imine (C=N–C) groups is 1. The number of carbonyl (C=O) groups is 5. The van der Waals surface area contributed by atoms with Gasteiger partial charge in [0.15, 0.2) is 5.03 Å². The predicted octanol–water partition coefficient (Wildman–Crippen LogP) is 3.91. The van der Waals surface area contributed by atoms with E-state index in [-0.39, 0.29) is 54.4 Å². The van der Waals surface area contributed by atoms with Crippen molar-refractivity contribution in [1.29, 1.82) is 0 Å². The largest absolute Gasteiger partial charge is 0.365 e. The molecule has 49 heavy (non-hydrogen) atoms. The summed E-state index contributed by atoms with van der Waals surface area (Å²) in [7, 11) is 0. The van der Waals surface area contributed by atoms with Crippen molar-refractivity contribution in [2.24, 2.45) is 28.5 Å². The van der Waals surface area contributed by atoms with Crippen LogP contribution >= 0.6 is 0 Å². The molecule has 3 atom stereocenters. The average molecular weight is 684 g/mol. The summed E-state index contributed by atoms with van der Waals surface area (Å²) in [5.41, 5.74) is 8.22. The minimum atomic E-state index is -0.895. The minimum Gasteiger partial charge on any atom is -0.365 e. The average Bonchev–Trinajstić information content (AvgIpc) is 3.67. The molecule has 1 aromatic rings. The number of nitrogens with two attached hydrogens (primary N) is 1. The van der Waals surface area contributed by atoms with Gasteiger partial charge in [-0.25, -0.2) is 15.1 Å². The summed E-state index contributed by atoms with van der Waals surface area (Å²) < 4.78 is 0. The fourth-order valence-corrected chi connectivity index (χ4v) is 6.84. The molecule has 4 amide bonds. The molecule has 14 nitrogen and oxygen atoms in total. The number of guanidine groups is 1. The lowest BCUT2D eigenvalue weighted by atomic mass is 9.85. The van der Waals surface area contributed by atoms with Crippen LogP contribution in [0.5, 0.6) is 0 Å². The highest BCUT2D eigenvalue weighted by Gasteiger charge is 2.35. The summed E-state index contributed by atoms with van der Waals surface area (Å²) in [5, 5.41) is 15.5. The molecule has 1 saturated carbocycles. The molecule has 0 radical (unpaired) electrons. The maximum Gasteiger partial charge on any atom is 0.261 e. The van der Waals surface area contributed by atoms with E-state index in [0.717, 1.165) is 64.2 Å². The van der Waals surface area contributed by atoms with Crippen LogP contribution in [-0.2, 0) is 14.4 Å². The fraction of sp³-hybridized carbons (Fsp3) is 0.657. The van der Waals surface area contributed by atoms with Crippen molar-refractivity contribution < 1.29 is 29.0 Å². The van der Waals surface area contributed by atoms with Crippen LogP contribution in [0, 0.1) is 27.9 Å². The number of hydrogen-bond acceptors (Lipinski definition) is 8. The lowest BCUT2D eigenvalue weighted by Crippen LogP contribution is -2.52. The molecule has 0 aromatic heterocycles. The van der Waals surface area contributed by atoms with Crippen molar-refractivity contribution in [2.75, 3.05) is 13.1 Å². The Labute approximate surface area is 288 Å². The van der Waals surface area contributed by atoms with Gasteiger partial charge in [0.25, 0.3) is 17.8 Å². The van der Waals surface area contributed by atoms with Gasteiger partial charge in [-0.3, -0.25) is 24.1 Å². The lowest BCUT2D eigenvalue weighted by molar-refractivity contribution is -0.525. The summed E-state index contributed by atoms with van der Waals surface area (Å²) in [4.78, 5) is 79.7. The van der Waals surface area contributed by atoms with Crippen molar-refractivity contribution >= 4 is 35.9 Å². The fourth-order valence-electron chi connectivity index (χ4n) is 6.84. The van der Waals surface area contributed by atoms with Crippen molar-refractivity contribution in [2.45, 2.75) is 116 Å². The maximum absolute atomic E-state index is 13.8. The summed E-state index contributed by atoms with van der Waals surface area (Å²) in [5.74, 6) is -1.23. The molecule has 0 spiro atoms. The number of hydrazine groups is 1. The third-order valence-electron chi connectivity index (χ3n) is 9.32. The molecule has 1 aromatic carbocycles. The number of fused-ring (bicyclic) bond motifs is 1. The highest BCUT2D eigenvalue weighted by molar-refractivity contribution is 6.21. The smallest absolute Gasteiger partial charge is 0.261 e. The molecule has 1 fully saturated rings. The Morgan fingerprint density at radius 2 is 1.57 bits per heavy atom. The van der Waals surface area contributed by atoms with Gasteiger partial charge in [-0.2, -0.15) is 0 Å². The van der Waals surface area contributed by atoms with Crippen LogP contribution in [0.3, 0.4) is 0 Å². The highest BCUT2D eigenvalue weighted by Crippen LogP contribution is 2.34. The molecule has 1 aliphatic heterocycles. The number of rotatable bonds is 22. The second kappa shape index (κ2) is 20.2. The first kappa shape index (κ1) is 39.1. The maximum atomic E-state index is 13.8. The molecule has 0 bridgehead atoms. The summed E-state index contributed by atoms with van der Waals surface area (Å²) in [6.45, 7) is 4.42. The Bertz CT molecular complexity index is 1290. The quantitative estimate of drug-likeness (QED) is 0.0265. The van der Waals surface area contributed by atoms with E-state index in [0.29, 0.717) is 43.2 Å². The third kappa shape index (κ3) is 12.6. The summed E-state index contributed by atoms with van der Waals surface area (Å²) >= 11 is 0. The van der Waals surface area contributed by atoms with Crippen LogP contribution < -0.4 is 21.8 Å². The van der Waals surface area contributed by atoms with Crippen LogP contribution in [0.4, 0.5) is 0 Å². The van der Waals surface area contributed by atoms with Gasteiger partial charge in [0.05, 0.1) is 17.2 Å². The Balaban J connectivity index is 1.50. The van der Waals surface area contributed by atoms with E-state index in [1.54, 1.807) is 29.7 Å². The molecule has 270 valence electrons. The second-order valence-corrected chi connectivity index (χ2v) is 13.6. The molecule has 5 N–H and O–H groups in total. The molecule has 3 rings (SSSR count). The number of aldehydes is 1. The molecule has 2 aliphatic rings. The zero-order valence-corrected chi connectivity index (χ0v) is 28.9. The molecular weight excluding hydrogens is 630 g/mol. The molecule has 14 heteroatoms. The zero-order valence-electron chi connectivity index (χ0n) is 28.9. The number of amides is 4. The van der Waals surface area contributed by atoms with Gasteiger partial charge in [-0.1, -0.05) is 76.4 Å². The van der Waals surface area contributed by atoms with Crippen LogP contribution in [0.15, 0.2) is 29.3 Å². The number of nitro groups is 1. The van der Waals surface area contributed by atoms with E-state index >= 15 is 0 Å². The van der Waals surface area contributed by atoms with Crippen LogP contribution in [0.2, 0.25) is 0 Å². The first-order valence-corrected chi connectivity index (χ1v) is 17.7. The first-order valence-electron chi connectivity index (χ1n) is 17.7. The molecule has 1 unspecified atom stereocenters. The van der Waals surface area contributed by atoms with Crippen molar-refractivity contribution in [3.63, 3.8) is 0 Å². The van der Waals surface area contributed by atoms with Crippen LogP contribution in [0.25, 0.3) is 0 Å². The standard InChI is InChI=1S/C35H53N7O7/c1-24(2)22-26(23-43)38-32(45)30(19-13-20-37-35(36)40-42(48)49)39-31(44)27(25-14-8-9-15-25)16-7-5-3-4-6-12-21-41-33(46)28-17-10-11-18-29(28)34(41)47/h10-11,17-18,23-27,30H,3-9,12-16,19-22H2,1-2H3,(H,38,45)(H,39,44)(H3,36,37,40)/t26-,27?,30+/m0/s1. The summed E-state index contributed by atoms with van der Waals surface area (Å²) in [6, 6.07) is 5.34. The van der Waals surface area contributed by atoms with E-state index in [1.165, 1.54) is 4.90 Å². The number of unbranched alkanes of at least 4 members (excludes halogenated alkanes) is 5. The third-order valence-corrected chi connectivity index (χ3v) is 9.32. The van der Waals surface area contributed by atoms with Gasteiger partial charge in [0, 0.05) is 19.0 Å². The van der Waals surface area contributed by atoms with Gasteiger partial charge < -0.3 is 21.2 Å². The number of benzene rings is 1. The SMILES string of the molecule is CC(C)C[C@@H](C=O)NC(=O)[C@@H](CCCN=C(N)N[N+](=O)[O-])NC(=O)C(CCCCCCCCN1C(=O)c2ccccc2C1=O)C1CCCC1. The van der Waals surface area contributed by atoms with Gasteiger partial charge in [0.2, 0.25) is 11.8 Å². The minimum absolute atomic E-state index is 0.111. The van der Waals surface area contributed by atoms with Crippen molar-refractivity contribution in [3.05, 3.63) is 45.5 Å². The normalized spacial score (nSPS) is 16.7. The predicted molar refractivity (Wildman–Crippen MR) is 185 cm³/mol. The number of carbonyl (C=O) groups excluding carboxylic acids is 5. The Kier molecular flexibility index (Phi) is 16.1. The Hall–Kier alpha value is -4.36. The number of hydrogen-bond donors (Lipinski definition) is 4. The van der Waals surface area contributed by atoms with Gasteiger partial charge >= 0.3 is 0 Å². The summed E-state index contributed by atoms with van der Waals surface area (Å²) in [6.07, 6.45) is 11.9. The lowest BCUT2D eigenvalue weighted by Gasteiger charge is -2.27. The first-order chi connectivity index (χ1) is 23.5. The van der Waals surface area contributed by atoms with Gasteiger partial charge in [-0.05, 0) is 68.9 Å². The van der Waals surface area contributed by atoms with Crippen molar-refractivity contribution in [1.82, 2.24) is 21.0 Å². The van der Waals surface area contributed by atoms with E-state index in [1.807, 2.05) is 13.8 Å². The van der Waals surface area contributed by atoms with Crippen molar-refractivity contribution in [3.8, 4) is 0 Å². The number of nitrogens with zero attached hydrogens (tertiary/aromatic N) is 3. The van der Waals surface area contributed by atoms with Crippen LogP contribution in [-0.4, -0.2) is 71.0 Å². The monoisotopic (exact) mass is 683 g/mol. The molecular formula is C35H53N7O7. The zero-order chi connectivity index (χ0) is 35.8. The second-order valence-electron chi connectivity index (χ2n) is 13.6. The Morgan fingerprint density at radius 1 is 0.959 bits per heavy atom. The highest BCUT2D eigenvalue weighted by atomic mass is 16.7. The topological polar surface area (TPSA) is 206 Å². The molecule has 1 aliphatic carbocycles. The van der Waals surface area contributed by atoms with E-state index in [4.69, 9.17) is 5.73 Å².